The van der Waals surface area contributed by atoms with E-state index in [9.17, 15) is 9.59 Å². The Balaban J connectivity index is 1.68. The fourth-order valence-corrected chi connectivity index (χ4v) is 3.60. The summed E-state index contributed by atoms with van der Waals surface area (Å²) in [5, 5.41) is 3.13. The highest BCUT2D eigenvalue weighted by molar-refractivity contribution is 6.34. The van der Waals surface area contributed by atoms with Gasteiger partial charge in [-0.05, 0) is 29.7 Å². The van der Waals surface area contributed by atoms with Crippen LogP contribution in [0.4, 0.5) is 5.69 Å². The Morgan fingerprint density at radius 1 is 0.828 bits per heavy atom. The number of hydrogen-bond acceptors (Lipinski definition) is 3. The van der Waals surface area contributed by atoms with Gasteiger partial charge >= 0.3 is 0 Å². The van der Waals surface area contributed by atoms with Gasteiger partial charge in [-0.3, -0.25) is 9.59 Å². The number of aryl methyl sites for hydroxylation is 1. The zero-order chi connectivity index (χ0) is 20.2. The molecule has 0 unspecified atom stereocenters. The van der Waals surface area contributed by atoms with Crippen LogP contribution in [0, 0.1) is 6.92 Å². The average Bonchev–Trinajstić information content (AvgIpc) is 2.75. The second kappa shape index (κ2) is 8.15. The Bertz CT molecular complexity index is 1070. The van der Waals surface area contributed by atoms with Gasteiger partial charge in [-0.1, -0.05) is 72.8 Å². The first-order valence-corrected chi connectivity index (χ1v) is 9.63. The maximum atomic E-state index is 13.3. The van der Waals surface area contributed by atoms with Gasteiger partial charge in [0.15, 0.2) is 0 Å². The molecule has 0 aromatic heterocycles. The molecule has 3 aromatic rings. The monoisotopic (exact) mass is 382 g/mol. The Hall–Kier alpha value is -3.66. The molecule has 1 heterocycles. The lowest BCUT2D eigenvalue weighted by molar-refractivity contribution is -0.115. The van der Waals surface area contributed by atoms with Crippen LogP contribution in [-0.4, -0.2) is 11.7 Å². The normalized spacial score (nSPS) is 14.8. The van der Waals surface area contributed by atoms with E-state index < -0.39 is 0 Å². The molecule has 0 atom stereocenters. The highest BCUT2D eigenvalue weighted by atomic mass is 16.2. The molecule has 1 aliphatic heterocycles. The third-order valence-corrected chi connectivity index (χ3v) is 5.05. The van der Waals surface area contributed by atoms with Gasteiger partial charge in [-0.2, -0.15) is 0 Å². The van der Waals surface area contributed by atoms with E-state index >= 15 is 0 Å². The maximum Gasteiger partial charge on any atom is 0.264 e. The van der Waals surface area contributed by atoms with Gasteiger partial charge in [0.05, 0.1) is 12.2 Å². The van der Waals surface area contributed by atoms with Crippen molar-refractivity contribution >= 4 is 17.4 Å². The number of para-hydroxylation sites is 1. The summed E-state index contributed by atoms with van der Waals surface area (Å²) in [7, 11) is 0. The van der Waals surface area contributed by atoms with Gasteiger partial charge in [-0.15, -0.1) is 0 Å². The summed E-state index contributed by atoms with van der Waals surface area (Å²) in [6, 6.07) is 25.3. The summed E-state index contributed by atoms with van der Waals surface area (Å²) in [6.45, 7) is 2.89. The van der Waals surface area contributed by atoms with Crippen molar-refractivity contribution in [1.29, 1.82) is 0 Å². The van der Waals surface area contributed by atoms with E-state index in [1.54, 1.807) is 17.2 Å². The summed E-state index contributed by atoms with van der Waals surface area (Å²) in [5.74, 6) is -0.514. The minimum Gasteiger partial charge on any atom is -0.386 e. The minimum absolute atomic E-state index is 0.162. The lowest BCUT2D eigenvalue weighted by atomic mass is 9.92. The van der Waals surface area contributed by atoms with Gasteiger partial charge < -0.3 is 10.2 Å². The quantitative estimate of drug-likeness (QED) is 0.526. The average molecular weight is 382 g/mol. The predicted octanol–water partition coefficient (Wildman–Crippen LogP) is 4.40. The second-order valence-corrected chi connectivity index (χ2v) is 7.10. The zero-order valence-electron chi connectivity index (χ0n) is 16.3. The smallest absolute Gasteiger partial charge is 0.264 e. The number of nitrogens with zero attached hydrogens (tertiary/aromatic N) is 1. The van der Waals surface area contributed by atoms with Crippen molar-refractivity contribution in [3.63, 3.8) is 0 Å². The van der Waals surface area contributed by atoms with Crippen LogP contribution in [0.3, 0.4) is 0 Å². The molecule has 0 radical (unpaired) electrons. The summed E-state index contributed by atoms with van der Waals surface area (Å²) in [5.41, 5.74) is 4.43. The molecule has 0 bridgehead atoms. The molecule has 144 valence electrons. The van der Waals surface area contributed by atoms with E-state index in [1.807, 2.05) is 79.7 Å². The summed E-state index contributed by atoms with van der Waals surface area (Å²) in [4.78, 5) is 28.1. The molecular formula is C25H22N2O2. The van der Waals surface area contributed by atoms with Crippen LogP contribution in [0.2, 0.25) is 0 Å². The number of carbonyl (C=O) groups excluding carboxylic acids is 2. The van der Waals surface area contributed by atoms with Crippen LogP contribution in [0.1, 0.15) is 27.0 Å². The molecule has 4 nitrogen and oxygen atoms in total. The first-order valence-electron chi connectivity index (χ1n) is 9.63. The molecule has 0 saturated heterocycles. The van der Waals surface area contributed by atoms with Crippen molar-refractivity contribution < 1.29 is 9.59 Å². The summed E-state index contributed by atoms with van der Waals surface area (Å²) in [6.07, 6.45) is 1.56. The predicted molar refractivity (Wildman–Crippen MR) is 115 cm³/mol. The SMILES string of the molecule is Cc1cccc2c1N(Cc1ccccc1)C(=O)C(=CNCc1ccccc1)C2=O. The molecule has 0 aliphatic carbocycles. The number of anilines is 1. The van der Waals surface area contributed by atoms with E-state index in [0.717, 1.165) is 16.7 Å². The number of Topliss-reactive ketones (excluding diaryl/α,β-unsaturated/α-hetero) is 1. The first-order chi connectivity index (χ1) is 14.1. The van der Waals surface area contributed by atoms with Crippen molar-refractivity contribution in [2.24, 2.45) is 0 Å². The Kier molecular flexibility index (Phi) is 5.25. The molecule has 0 spiro atoms. The second-order valence-electron chi connectivity index (χ2n) is 7.10. The number of fused-ring (bicyclic) bond motifs is 1. The maximum absolute atomic E-state index is 13.3. The van der Waals surface area contributed by atoms with Crippen molar-refractivity contribution in [2.75, 3.05) is 4.90 Å². The highest BCUT2D eigenvalue weighted by Gasteiger charge is 2.35. The van der Waals surface area contributed by atoms with E-state index in [2.05, 4.69) is 5.32 Å². The number of amides is 1. The molecule has 3 aromatic carbocycles. The van der Waals surface area contributed by atoms with E-state index in [4.69, 9.17) is 0 Å². The lowest BCUT2D eigenvalue weighted by Gasteiger charge is -2.31. The van der Waals surface area contributed by atoms with E-state index in [1.165, 1.54) is 0 Å². The van der Waals surface area contributed by atoms with Crippen molar-refractivity contribution in [3.05, 3.63) is 113 Å². The Morgan fingerprint density at radius 3 is 2.17 bits per heavy atom. The lowest BCUT2D eigenvalue weighted by Crippen LogP contribution is -2.40. The van der Waals surface area contributed by atoms with Crippen molar-refractivity contribution in [1.82, 2.24) is 5.32 Å². The van der Waals surface area contributed by atoms with Crippen LogP contribution in [0.25, 0.3) is 0 Å². The van der Waals surface area contributed by atoms with Gasteiger partial charge in [0.2, 0.25) is 5.78 Å². The zero-order valence-corrected chi connectivity index (χ0v) is 16.3. The third-order valence-electron chi connectivity index (χ3n) is 5.05. The largest absolute Gasteiger partial charge is 0.386 e. The summed E-state index contributed by atoms with van der Waals surface area (Å²) >= 11 is 0. The van der Waals surface area contributed by atoms with Crippen LogP contribution >= 0.6 is 0 Å². The molecule has 0 fully saturated rings. The van der Waals surface area contributed by atoms with E-state index in [0.29, 0.717) is 24.3 Å². The topological polar surface area (TPSA) is 49.4 Å². The van der Waals surface area contributed by atoms with Crippen LogP contribution in [-0.2, 0) is 17.9 Å². The van der Waals surface area contributed by atoms with Crippen LogP contribution in [0.5, 0.6) is 0 Å². The Labute approximate surface area is 170 Å². The van der Waals surface area contributed by atoms with Crippen LogP contribution in [0.15, 0.2) is 90.6 Å². The van der Waals surface area contributed by atoms with Gasteiger partial charge in [-0.25, -0.2) is 0 Å². The van der Waals surface area contributed by atoms with Crippen molar-refractivity contribution in [3.8, 4) is 0 Å². The fraction of sp³-hybridized carbons (Fsp3) is 0.120. The first kappa shape index (κ1) is 18.7. The van der Waals surface area contributed by atoms with Gasteiger partial charge in [0, 0.05) is 18.3 Å². The standard InChI is InChI=1S/C25H22N2O2/c1-18-9-8-14-21-23(18)27(17-20-12-6-3-7-13-20)25(29)22(24(21)28)16-26-15-19-10-4-2-5-11-19/h2-14,16,26H,15,17H2,1H3. The third kappa shape index (κ3) is 3.83. The molecule has 4 heteroatoms. The number of carbonyl (C=O) groups is 2. The molecule has 0 saturated carbocycles. The van der Waals surface area contributed by atoms with E-state index in [-0.39, 0.29) is 17.3 Å². The van der Waals surface area contributed by atoms with Gasteiger partial charge in [0.25, 0.3) is 5.91 Å². The molecule has 1 N–H and O–H groups in total. The molecular weight excluding hydrogens is 360 g/mol. The van der Waals surface area contributed by atoms with Crippen molar-refractivity contribution in [2.45, 2.75) is 20.0 Å². The number of ketones is 1. The fourth-order valence-electron chi connectivity index (χ4n) is 3.60. The van der Waals surface area contributed by atoms with Gasteiger partial charge in [0.1, 0.15) is 5.57 Å². The molecule has 29 heavy (non-hydrogen) atoms. The number of rotatable bonds is 5. The molecule has 4 rings (SSSR count). The van der Waals surface area contributed by atoms with Crippen LogP contribution < -0.4 is 10.2 Å². The number of nitrogens with one attached hydrogen (secondary N) is 1. The summed E-state index contributed by atoms with van der Waals surface area (Å²) < 4.78 is 0. The highest BCUT2D eigenvalue weighted by Crippen LogP contribution is 2.34. The molecule has 1 amide bonds. The number of benzene rings is 3. The minimum atomic E-state index is -0.277. The molecule has 1 aliphatic rings. The number of hydrogen-bond donors (Lipinski definition) is 1. The Morgan fingerprint density at radius 2 is 1.48 bits per heavy atom.